The first-order valence-electron chi connectivity index (χ1n) is 5.68. The van der Waals surface area contributed by atoms with Gasteiger partial charge in [0.15, 0.2) is 5.82 Å². The summed E-state index contributed by atoms with van der Waals surface area (Å²) in [6, 6.07) is 5.86. The zero-order valence-electron chi connectivity index (χ0n) is 10.7. The van der Waals surface area contributed by atoms with Crippen LogP contribution in [0, 0.1) is 5.82 Å². The summed E-state index contributed by atoms with van der Waals surface area (Å²) in [6.07, 6.45) is 0. The number of hydrazine groups is 1. The highest BCUT2D eigenvalue weighted by Gasteiger charge is 2.07. The second kappa shape index (κ2) is 6.47. The molecule has 0 unspecified atom stereocenters. The Morgan fingerprint density at radius 2 is 2.05 bits per heavy atom. The third-order valence-corrected chi connectivity index (χ3v) is 2.62. The Hall–Kier alpha value is -1.96. The minimum absolute atomic E-state index is 0.216. The van der Waals surface area contributed by atoms with E-state index in [1.807, 2.05) is 0 Å². The number of nitrogen functional groups attached to an aromatic ring is 1. The topological polar surface area (TPSA) is 85.1 Å². The van der Waals surface area contributed by atoms with Gasteiger partial charge < -0.3 is 15.5 Å². The number of anilines is 3. The fourth-order valence-electron chi connectivity index (χ4n) is 1.56. The number of hydrogen-bond acceptors (Lipinski definition) is 6. The van der Waals surface area contributed by atoms with E-state index in [9.17, 15) is 4.39 Å². The molecule has 0 fully saturated rings. The number of aromatic nitrogens is 2. The van der Waals surface area contributed by atoms with Crippen molar-refractivity contribution in [3.05, 3.63) is 40.9 Å². The first-order chi connectivity index (χ1) is 9.62. The van der Waals surface area contributed by atoms with E-state index < -0.39 is 5.82 Å². The normalized spacial score (nSPS) is 10.4. The van der Waals surface area contributed by atoms with Crippen LogP contribution < -0.4 is 16.6 Å². The summed E-state index contributed by atoms with van der Waals surface area (Å²) in [5.74, 6) is 6.05. The van der Waals surface area contributed by atoms with Crippen molar-refractivity contribution in [3.63, 3.8) is 0 Å². The van der Waals surface area contributed by atoms with Crippen LogP contribution in [0.5, 0.6) is 0 Å². The van der Waals surface area contributed by atoms with Gasteiger partial charge in [-0.1, -0.05) is 11.6 Å². The molecule has 0 saturated carbocycles. The minimum Gasteiger partial charge on any atom is -0.377 e. The summed E-state index contributed by atoms with van der Waals surface area (Å²) in [7, 11) is 1.53. The van der Waals surface area contributed by atoms with Crippen molar-refractivity contribution in [2.75, 3.05) is 17.9 Å². The molecule has 0 radical (unpaired) electrons. The first kappa shape index (κ1) is 14.4. The monoisotopic (exact) mass is 297 g/mol. The van der Waals surface area contributed by atoms with Crippen LogP contribution in [0.4, 0.5) is 21.7 Å². The SMILES string of the molecule is COCc1nc(NN)cc(Nc2ccc(Cl)cc2F)n1. The van der Waals surface area contributed by atoms with Crippen LogP contribution in [0.25, 0.3) is 0 Å². The van der Waals surface area contributed by atoms with E-state index in [-0.39, 0.29) is 12.3 Å². The number of halogens is 2. The molecule has 0 aliphatic heterocycles. The van der Waals surface area contributed by atoms with Gasteiger partial charge in [0.05, 0.1) is 5.69 Å². The van der Waals surface area contributed by atoms with E-state index >= 15 is 0 Å². The lowest BCUT2D eigenvalue weighted by Crippen LogP contribution is -2.12. The molecule has 0 aliphatic carbocycles. The number of nitrogens with zero attached hydrogens (tertiary/aromatic N) is 2. The second-order valence-electron chi connectivity index (χ2n) is 3.88. The van der Waals surface area contributed by atoms with Crippen LogP contribution in [0.1, 0.15) is 5.82 Å². The van der Waals surface area contributed by atoms with Crippen molar-refractivity contribution < 1.29 is 9.13 Å². The van der Waals surface area contributed by atoms with Crippen molar-refractivity contribution >= 4 is 28.9 Å². The summed E-state index contributed by atoms with van der Waals surface area (Å²) in [6.45, 7) is 0.216. The number of hydrogen-bond donors (Lipinski definition) is 3. The van der Waals surface area contributed by atoms with Crippen molar-refractivity contribution in [1.82, 2.24) is 9.97 Å². The average molecular weight is 298 g/mol. The fraction of sp³-hybridized carbons (Fsp3) is 0.167. The molecule has 1 aromatic carbocycles. The molecular weight excluding hydrogens is 285 g/mol. The number of ether oxygens (including phenoxy) is 1. The molecule has 0 spiro atoms. The number of nitrogens with two attached hydrogens (primary N) is 1. The average Bonchev–Trinajstić information content (AvgIpc) is 2.42. The van der Waals surface area contributed by atoms with Gasteiger partial charge in [-0.25, -0.2) is 20.2 Å². The number of rotatable bonds is 5. The summed E-state index contributed by atoms with van der Waals surface area (Å²) in [5.41, 5.74) is 2.66. The van der Waals surface area contributed by atoms with Gasteiger partial charge in [-0.3, -0.25) is 0 Å². The molecule has 8 heteroatoms. The molecule has 6 nitrogen and oxygen atoms in total. The molecule has 0 bridgehead atoms. The molecule has 2 rings (SSSR count). The Kier molecular flexibility index (Phi) is 4.67. The van der Waals surface area contributed by atoms with Gasteiger partial charge in [0.25, 0.3) is 0 Å². The van der Waals surface area contributed by atoms with Crippen molar-refractivity contribution in [1.29, 1.82) is 0 Å². The first-order valence-corrected chi connectivity index (χ1v) is 6.05. The molecular formula is C12H13ClFN5O. The molecule has 20 heavy (non-hydrogen) atoms. The predicted octanol–water partition coefficient (Wildman–Crippen LogP) is 2.44. The maximum Gasteiger partial charge on any atom is 0.158 e. The van der Waals surface area contributed by atoms with Crippen LogP contribution >= 0.6 is 11.6 Å². The van der Waals surface area contributed by atoms with E-state index in [0.29, 0.717) is 22.5 Å². The zero-order chi connectivity index (χ0) is 14.5. The lowest BCUT2D eigenvalue weighted by atomic mass is 10.3. The quantitative estimate of drug-likeness (QED) is 0.580. The van der Waals surface area contributed by atoms with Gasteiger partial charge in [-0.15, -0.1) is 0 Å². The van der Waals surface area contributed by atoms with Gasteiger partial charge in [0.2, 0.25) is 0 Å². The molecule has 0 atom stereocenters. The summed E-state index contributed by atoms with van der Waals surface area (Å²) < 4.78 is 18.7. The molecule has 0 amide bonds. The Bertz CT molecular complexity index is 610. The third kappa shape index (κ3) is 3.53. The van der Waals surface area contributed by atoms with Crippen LogP contribution in [0.15, 0.2) is 24.3 Å². The predicted molar refractivity (Wildman–Crippen MR) is 75.2 cm³/mol. The maximum absolute atomic E-state index is 13.7. The fourth-order valence-corrected chi connectivity index (χ4v) is 1.72. The van der Waals surface area contributed by atoms with E-state index in [0.717, 1.165) is 0 Å². The summed E-state index contributed by atoms with van der Waals surface area (Å²) in [4.78, 5) is 8.28. The molecule has 1 heterocycles. The Balaban J connectivity index is 2.29. The van der Waals surface area contributed by atoms with Crippen LogP contribution in [-0.4, -0.2) is 17.1 Å². The highest BCUT2D eigenvalue weighted by atomic mass is 35.5. The van der Waals surface area contributed by atoms with Crippen LogP contribution in [0.2, 0.25) is 5.02 Å². The van der Waals surface area contributed by atoms with Crippen molar-refractivity contribution in [2.45, 2.75) is 6.61 Å². The van der Waals surface area contributed by atoms with Gasteiger partial charge in [-0.2, -0.15) is 0 Å². The largest absolute Gasteiger partial charge is 0.377 e. The van der Waals surface area contributed by atoms with Gasteiger partial charge >= 0.3 is 0 Å². The van der Waals surface area contributed by atoms with E-state index in [1.165, 1.54) is 19.2 Å². The molecule has 106 valence electrons. The van der Waals surface area contributed by atoms with E-state index in [4.69, 9.17) is 22.2 Å². The van der Waals surface area contributed by atoms with Crippen molar-refractivity contribution in [2.24, 2.45) is 5.84 Å². The molecule has 0 saturated heterocycles. The molecule has 1 aromatic heterocycles. The standard InChI is InChI=1S/C12H13ClFN5O/c1-20-6-12-17-10(5-11(18-12)19-15)16-9-3-2-7(13)4-8(9)14/h2-5H,6,15H2,1H3,(H2,16,17,18,19). The highest BCUT2D eigenvalue weighted by Crippen LogP contribution is 2.23. The molecule has 2 aromatic rings. The number of nitrogens with one attached hydrogen (secondary N) is 2. The highest BCUT2D eigenvalue weighted by molar-refractivity contribution is 6.30. The maximum atomic E-state index is 13.7. The summed E-state index contributed by atoms with van der Waals surface area (Å²) >= 11 is 5.70. The molecule has 0 aliphatic rings. The van der Waals surface area contributed by atoms with E-state index in [2.05, 4.69) is 20.7 Å². The Morgan fingerprint density at radius 3 is 2.70 bits per heavy atom. The zero-order valence-corrected chi connectivity index (χ0v) is 11.4. The van der Waals surface area contributed by atoms with Gasteiger partial charge in [0, 0.05) is 18.2 Å². The van der Waals surface area contributed by atoms with Gasteiger partial charge in [0.1, 0.15) is 24.1 Å². The molecule has 4 N–H and O–H groups in total. The van der Waals surface area contributed by atoms with Crippen molar-refractivity contribution in [3.8, 4) is 0 Å². The summed E-state index contributed by atoms with van der Waals surface area (Å²) in [5, 5.41) is 3.16. The number of benzene rings is 1. The van der Waals surface area contributed by atoms with Crippen LogP contribution in [0.3, 0.4) is 0 Å². The minimum atomic E-state index is -0.480. The second-order valence-corrected chi connectivity index (χ2v) is 4.32. The number of methoxy groups -OCH3 is 1. The third-order valence-electron chi connectivity index (χ3n) is 2.39. The lowest BCUT2D eigenvalue weighted by molar-refractivity contribution is 0.178. The van der Waals surface area contributed by atoms with Crippen LogP contribution in [-0.2, 0) is 11.3 Å². The smallest absolute Gasteiger partial charge is 0.158 e. The Morgan fingerprint density at radius 1 is 1.30 bits per heavy atom. The van der Waals surface area contributed by atoms with Gasteiger partial charge in [-0.05, 0) is 18.2 Å². The lowest BCUT2D eigenvalue weighted by Gasteiger charge is -2.10. The Labute approximate surface area is 120 Å². The van der Waals surface area contributed by atoms with E-state index in [1.54, 1.807) is 12.1 Å².